The van der Waals surface area contributed by atoms with E-state index in [4.69, 9.17) is 26.5 Å². The number of rotatable bonds is 12. The van der Waals surface area contributed by atoms with Gasteiger partial charge in [-0.05, 0) is 73.9 Å². The van der Waals surface area contributed by atoms with Gasteiger partial charge in [-0.2, -0.15) is 10.2 Å². The molecule has 2 N–H and O–H groups in total. The fourth-order valence-corrected chi connectivity index (χ4v) is 9.24. The third kappa shape index (κ3) is 6.52. The number of benzene rings is 3. The molecule has 9 nitrogen and oxygen atoms in total. The van der Waals surface area contributed by atoms with Crippen molar-refractivity contribution < 1.29 is 19.7 Å². The van der Waals surface area contributed by atoms with Crippen LogP contribution in [0.4, 0.5) is 0 Å². The second-order valence-electron chi connectivity index (χ2n) is 12.7. The molecule has 3 aromatic carbocycles. The third-order valence-electron chi connectivity index (χ3n) is 9.47. The number of phenolic OH excluding ortho intramolecular Hbond substituents is 1. The number of aryl methyl sites for hydroxylation is 4. The van der Waals surface area contributed by atoms with E-state index in [1.165, 1.54) is 12.8 Å². The first-order chi connectivity index (χ1) is 24.3. The van der Waals surface area contributed by atoms with Crippen LogP contribution in [0, 0.1) is 6.92 Å². The largest absolute Gasteiger partial charge is 0.507 e. The number of carbonyl (C=O) groups excluding carboxylic acids is 1. The number of nitrogens with zero attached hydrogens (tertiary/aromatic N) is 5. The van der Waals surface area contributed by atoms with Gasteiger partial charge >= 0.3 is 5.97 Å². The van der Waals surface area contributed by atoms with Crippen molar-refractivity contribution in [2.75, 3.05) is 13.7 Å². The third-order valence-corrected chi connectivity index (χ3v) is 11.8. The highest BCUT2D eigenvalue weighted by Crippen LogP contribution is 2.44. The Labute approximate surface area is 304 Å². The summed E-state index contributed by atoms with van der Waals surface area (Å²) in [6, 6.07) is 17.8. The lowest BCUT2D eigenvalue weighted by Crippen LogP contribution is -2.12. The summed E-state index contributed by atoms with van der Waals surface area (Å²) in [6.07, 6.45) is 3.58. The zero-order chi connectivity index (χ0) is 34.9. The molecule has 4 heterocycles. The summed E-state index contributed by atoms with van der Waals surface area (Å²) in [5.41, 5.74) is 8.42. The Bertz CT molecular complexity index is 2220. The molecule has 50 heavy (non-hydrogen) atoms. The fraction of sp³-hybridized carbons (Fsp3) is 0.342. The summed E-state index contributed by atoms with van der Waals surface area (Å²) >= 11 is 10.5. The number of aliphatic hydroxyl groups is 1. The number of fused-ring (bicyclic) bond motifs is 3. The van der Waals surface area contributed by atoms with E-state index in [2.05, 4.69) is 16.8 Å². The van der Waals surface area contributed by atoms with Crippen LogP contribution in [0.3, 0.4) is 0 Å². The maximum atomic E-state index is 13.1. The first-order valence-corrected chi connectivity index (χ1v) is 19.3. The van der Waals surface area contributed by atoms with Gasteiger partial charge in [-0.3, -0.25) is 9.36 Å². The molecule has 260 valence electrons. The SMILES string of the molecule is COC(=O)c1c(C)c2c(-c3c(CSCc4cc(CSc5cc(O)c6ccccc6c5)n(C)n4)nn4c3CCCC4)c(Cl)ccc2n1CCCO. The minimum absolute atomic E-state index is 0.0175. The molecule has 0 saturated heterocycles. The summed E-state index contributed by atoms with van der Waals surface area (Å²) < 4.78 is 11.2. The number of hydrogen-bond donors (Lipinski definition) is 2. The highest BCUT2D eigenvalue weighted by atomic mass is 35.5. The summed E-state index contributed by atoms with van der Waals surface area (Å²) in [7, 11) is 3.37. The van der Waals surface area contributed by atoms with Crippen molar-refractivity contribution in [2.45, 2.75) is 67.9 Å². The predicted octanol–water partition coefficient (Wildman–Crippen LogP) is 8.29. The van der Waals surface area contributed by atoms with E-state index in [0.717, 1.165) is 97.7 Å². The minimum Gasteiger partial charge on any atom is -0.507 e. The normalized spacial score (nSPS) is 13.0. The Morgan fingerprint density at radius 3 is 2.70 bits per heavy atom. The molecular weight excluding hydrogens is 690 g/mol. The van der Waals surface area contributed by atoms with E-state index in [1.807, 2.05) is 65.7 Å². The van der Waals surface area contributed by atoms with Gasteiger partial charge in [-0.15, -0.1) is 23.5 Å². The van der Waals surface area contributed by atoms with Gasteiger partial charge in [0, 0.05) is 92.7 Å². The monoisotopic (exact) mass is 729 g/mol. The molecule has 0 amide bonds. The molecule has 1 aliphatic rings. The van der Waals surface area contributed by atoms with Gasteiger partial charge in [0.1, 0.15) is 11.4 Å². The highest BCUT2D eigenvalue weighted by molar-refractivity contribution is 7.98. The molecule has 6 aromatic rings. The van der Waals surface area contributed by atoms with Crippen molar-refractivity contribution >= 4 is 62.8 Å². The molecule has 0 radical (unpaired) electrons. The first-order valence-electron chi connectivity index (χ1n) is 16.8. The van der Waals surface area contributed by atoms with Crippen LogP contribution in [0.25, 0.3) is 32.8 Å². The predicted molar refractivity (Wildman–Crippen MR) is 202 cm³/mol. The fourth-order valence-electron chi connectivity index (χ4n) is 7.15. The molecule has 0 saturated carbocycles. The van der Waals surface area contributed by atoms with Crippen LogP contribution in [0.15, 0.2) is 59.5 Å². The molecule has 0 fully saturated rings. The van der Waals surface area contributed by atoms with Crippen LogP contribution in [0.1, 0.15) is 58.1 Å². The van der Waals surface area contributed by atoms with Gasteiger partial charge in [0.2, 0.25) is 0 Å². The Kier molecular flexibility index (Phi) is 10.2. The van der Waals surface area contributed by atoms with Crippen molar-refractivity contribution in [3.63, 3.8) is 0 Å². The summed E-state index contributed by atoms with van der Waals surface area (Å²) in [5, 5.41) is 33.5. The van der Waals surface area contributed by atoms with Gasteiger partial charge in [0.05, 0.1) is 18.5 Å². The van der Waals surface area contributed by atoms with Gasteiger partial charge < -0.3 is 19.5 Å². The summed E-state index contributed by atoms with van der Waals surface area (Å²) in [5.74, 6) is 2.02. The van der Waals surface area contributed by atoms with Crippen LogP contribution in [0.5, 0.6) is 5.75 Å². The van der Waals surface area contributed by atoms with E-state index >= 15 is 0 Å². The quantitative estimate of drug-likeness (QED) is 0.0958. The van der Waals surface area contributed by atoms with Crippen molar-refractivity contribution in [1.82, 2.24) is 24.1 Å². The second-order valence-corrected chi connectivity index (χ2v) is 15.1. The number of esters is 1. The maximum Gasteiger partial charge on any atom is 0.354 e. The molecular formula is C38H40ClN5O4S2. The number of aliphatic hydroxyl groups excluding tert-OH is 1. The molecule has 0 spiro atoms. The van der Waals surface area contributed by atoms with E-state index in [-0.39, 0.29) is 6.61 Å². The van der Waals surface area contributed by atoms with Gasteiger partial charge in [0.25, 0.3) is 0 Å². The van der Waals surface area contributed by atoms with Crippen molar-refractivity contribution in [3.05, 3.63) is 93.7 Å². The van der Waals surface area contributed by atoms with Crippen LogP contribution >= 0.6 is 35.1 Å². The van der Waals surface area contributed by atoms with Gasteiger partial charge in [-0.1, -0.05) is 35.9 Å². The molecule has 0 bridgehead atoms. The Balaban J connectivity index is 1.16. The maximum absolute atomic E-state index is 13.1. The second kappa shape index (κ2) is 14.8. The average Bonchev–Trinajstić information content (AvgIpc) is 3.76. The zero-order valence-electron chi connectivity index (χ0n) is 28.4. The van der Waals surface area contributed by atoms with Crippen LogP contribution < -0.4 is 0 Å². The van der Waals surface area contributed by atoms with Crippen molar-refractivity contribution in [1.29, 1.82) is 0 Å². The van der Waals surface area contributed by atoms with Crippen molar-refractivity contribution in [3.8, 4) is 16.9 Å². The van der Waals surface area contributed by atoms with Gasteiger partial charge in [-0.25, -0.2) is 4.79 Å². The number of methoxy groups -OCH3 is 1. The lowest BCUT2D eigenvalue weighted by molar-refractivity contribution is 0.0587. The summed E-state index contributed by atoms with van der Waals surface area (Å²) in [6.45, 7) is 3.31. The first kappa shape index (κ1) is 34.5. The average molecular weight is 730 g/mol. The number of aromatic nitrogens is 5. The molecule has 12 heteroatoms. The number of carbonyl (C=O) groups is 1. The standard InChI is InChI=1S/C38H40ClN5O4S2/c1-23-34-31(43(14-8-16-45)37(23)38(47)48-3)13-12-29(39)35(34)36-30(41-44-15-7-6-11-32(36)44)22-49-20-25-18-26(42(2)40-25)21-50-27-17-24-9-4-5-10-28(24)33(46)19-27/h4-5,9-10,12-13,17-19,45-46H,6-8,11,14-16,20-22H2,1-3H3. The molecule has 7 rings (SSSR count). The highest BCUT2D eigenvalue weighted by Gasteiger charge is 2.29. The zero-order valence-corrected chi connectivity index (χ0v) is 30.8. The Hall–Kier alpha value is -3.90. The van der Waals surface area contributed by atoms with Gasteiger partial charge in [0.15, 0.2) is 0 Å². The molecule has 0 atom stereocenters. The Morgan fingerprint density at radius 1 is 1.04 bits per heavy atom. The topological polar surface area (TPSA) is 107 Å². The van der Waals surface area contributed by atoms with Crippen LogP contribution in [-0.4, -0.2) is 54.0 Å². The number of halogens is 1. The lowest BCUT2D eigenvalue weighted by Gasteiger charge is -2.16. The summed E-state index contributed by atoms with van der Waals surface area (Å²) in [4.78, 5) is 14.1. The van der Waals surface area contributed by atoms with E-state index in [1.54, 1.807) is 23.5 Å². The minimum atomic E-state index is -0.407. The number of thioether (sulfide) groups is 2. The van der Waals surface area contributed by atoms with E-state index in [0.29, 0.717) is 35.2 Å². The lowest BCUT2D eigenvalue weighted by atomic mass is 9.94. The molecule has 0 unspecified atom stereocenters. The Morgan fingerprint density at radius 2 is 1.88 bits per heavy atom. The molecule has 3 aromatic heterocycles. The number of ether oxygens (including phenoxy) is 1. The van der Waals surface area contributed by atoms with Crippen LogP contribution in [-0.2, 0) is 48.6 Å². The molecule has 1 aliphatic heterocycles. The van der Waals surface area contributed by atoms with Crippen molar-refractivity contribution in [2.24, 2.45) is 7.05 Å². The number of aromatic hydroxyl groups is 1. The van der Waals surface area contributed by atoms with E-state index in [9.17, 15) is 15.0 Å². The smallest absolute Gasteiger partial charge is 0.354 e. The van der Waals surface area contributed by atoms with E-state index < -0.39 is 5.97 Å². The number of hydrogen-bond acceptors (Lipinski definition) is 8. The number of phenols is 1. The van der Waals surface area contributed by atoms with Crippen LogP contribution in [0.2, 0.25) is 5.02 Å². The molecule has 0 aliphatic carbocycles.